The molecule has 0 bridgehead atoms. The van der Waals surface area contributed by atoms with E-state index in [4.69, 9.17) is 10.2 Å². The zero-order valence-electron chi connectivity index (χ0n) is 9.75. The molecule has 1 atom stereocenters. The Labute approximate surface area is 94.2 Å². The van der Waals surface area contributed by atoms with Crippen LogP contribution >= 0.6 is 0 Å². The van der Waals surface area contributed by atoms with Gasteiger partial charge in [-0.15, -0.1) is 0 Å². The molecule has 0 radical (unpaired) electrons. The first-order valence-corrected chi connectivity index (χ1v) is 5.44. The fraction of sp³-hybridized carbons (Fsp3) is 0.385. The summed E-state index contributed by atoms with van der Waals surface area (Å²) in [6, 6.07) is 4.63. The Kier molecular flexibility index (Phi) is 2.72. The Bertz CT molecular complexity index is 516. The standard InChI is InChI=1S/C13H16FNO/c1-7(2)12(15)11-6-9-5-10(14)4-8(3)13(9)16-11/h4-7,12H,15H2,1-3H3. The Hall–Kier alpha value is -1.35. The van der Waals surface area contributed by atoms with E-state index in [1.165, 1.54) is 12.1 Å². The second-order valence-electron chi connectivity index (χ2n) is 4.56. The van der Waals surface area contributed by atoms with E-state index >= 15 is 0 Å². The van der Waals surface area contributed by atoms with Gasteiger partial charge in [-0.3, -0.25) is 0 Å². The van der Waals surface area contributed by atoms with Crippen LogP contribution in [0.3, 0.4) is 0 Å². The van der Waals surface area contributed by atoms with E-state index in [1.54, 1.807) is 0 Å². The summed E-state index contributed by atoms with van der Waals surface area (Å²) in [6.07, 6.45) is 0. The van der Waals surface area contributed by atoms with E-state index in [-0.39, 0.29) is 11.9 Å². The van der Waals surface area contributed by atoms with Gasteiger partial charge in [0.25, 0.3) is 0 Å². The summed E-state index contributed by atoms with van der Waals surface area (Å²) >= 11 is 0. The van der Waals surface area contributed by atoms with Crippen LogP contribution in [0.2, 0.25) is 0 Å². The minimum Gasteiger partial charge on any atom is -0.459 e. The van der Waals surface area contributed by atoms with Crippen molar-refractivity contribution in [1.29, 1.82) is 0 Å². The summed E-state index contributed by atoms with van der Waals surface area (Å²) in [5.74, 6) is 0.778. The van der Waals surface area contributed by atoms with Crippen molar-refractivity contribution < 1.29 is 8.81 Å². The van der Waals surface area contributed by atoms with Gasteiger partial charge in [0.15, 0.2) is 0 Å². The van der Waals surface area contributed by atoms with Gasteiger partial charge < -0.3 is 10.2 Å². The van der Waals surface area contributed by atoms with Crippen LogP contribution in [-0.4, -0.2) is 0 Å². The molecule has 2 rings (SSSR count). The summed E-state index contributed by atoms with van der Waals surface area (Å²) in [6.45, 7) is 5.90. The quantitative estimate of drug-likeness (QED) is 0.842. The van der Waals surface area contributed by atoms with Gasteiger partial charge in [-0.2, -0.15) is 0 Å². The molecule has 1 aromatic carbocycles. The molecule has 0 aliphatic carbocycles. The third-order valence-corrected chi connectivity index (χ3v) is 2.83. The van der Waals surface area contributed by atoms with Crippen molar-refractivity contribution >= 4 is 11.0 Å². The van der Waals surface area contributed by atoms with Crippen molar-refractivity contribution in [2.45, 2.75) is 26.8 Å². The van der Waals surface area contributed by atoms with Crippen molar-refractivity contribution in [3.05, 3.63) is 35.3 Å². The summed E-state index contributed by atoms with van der Waals surface area (Å²) in [7, 11) is 0. The topological polar surface area (TPSA) is 39.2 Å². The second-order valence-corrected chi connectivity index (χ2v) is 4.56. The number of benzene rings is 1. The number of nitrogens with two attached hydrogens (primary N) is 1. The first kappa shape index (κ1) is 11.1. The van der Waals surface area contributed by atoms with Gasteiger partial charge in [-0.05, 0) is 36.6 Å². The number of hydrogen-bond acceptors (Lipinski definition) is 2. The van der Waals surface area contributed by atoms with Gasteiger partial charge in [0, 0.05) is 5.39 Å². The Morgan fingerprint density at radius 3 is 2.56 bits per heavy atom. The molecule has 86 valence electrons. The van der Waals surface area contributed by atoms with E-state index < -0.39 is 0 Å². The maximum atomic E-state index is 13.2. The van der Waals surface area contributed by atoms with Crippen molar-refractivity contribution in [3.8, 4) is 0 Å². The smallest absolute Gasteiger partial charge is 0.137 e. The number of rotatable bonds is 2. The highest BCUT2D eigenvalue weighted by molar-refractivity contribution is 5.81. The average molecular weight is 221 g/mol. The van der Waals surface area contributed by atoms with Crippen LogP contribution in [0.25, 0.3) is 11.0 Å². The van der Waals surface area contributed by atoms with Gasteiger partial charge in [-0.25, -0.2) is 4.39 Å². The number of fused-ring (bicyclic) bond motifs is 1. The number of aryl methyl sites for hydroxylation is 1. The predicted molar refractivity (Wildman–Crippen MR) is 62.7 cm³/mol. The molecular formula is C13H16FNO. The predicted octanol–water partition coefficient (Wildman–Crippen LogP) is 3.54. The zero-order valence-corrected chi connectivity index (χ0v) is 9.75. The first-order valence-electron chi connectivity index (χ1n) is 5.44. The number of halogens is 1. The van der Waals surface area contributed by atoms with Gasteiger partial charge in [0.05, 0.1) is 6.04 Å². The summed E-state index contributed by atoms with van der Waals surface area (Å²) < 4.78 is 18.9. The molecule has 0 saturated heterocycles. The second kappa shape index (κ2) is 3.91. The van der Waals surface area contributed by atoms with Crippen LogP contribution in [0, 0.1) is 18.7 Å². The Balaban J connectivity index is 2.56. The van der Waals surface area contributed by atoms with E-state index in [0.29, 0.717) is 5.92 Å². The maximum Gasteiger partial charge on any atom is 0.137 e. The largest absolute Gasteiger partial charge is 0.459 e. The van der Waals surface area contributed by atoms with Crippen LogP contribution in [0.4, 0.5) is 4.39 Å². The normalized spacial score (nSPS) is 13.6. The Morgan fingerprint density at radius 2 is 1.94 bits per heavy atom. The number of hydrogen-bond donors (Lipinski definition) is 1. The van der Waals surface area contributed by atoms with Crippen molar-refractivity contribution in [2.75, 3.05) is 0 Å². The van der Waals surface area contributed by atoms with Crippen molar-refractivity contribution in [1.82, 2.24) is 0 Å². The summed E-state index contributed by atoms with van der Waals surface area (Å²) in [5, 5.41) is 0.781. The molecule has 2 nitrogen and oxygen atoms in total. The summed E-state index contributed by atoms with van der Waals surface area (Å²) in [5.41, 5.74) is 7.53. The van der Waals surface area contributed by atoms with Crippen LogP contribution in [-0.2, 0) is 0 Å². The van der Waals surface area contributed by atoms with Crippen molar-refractivity contribution in [3.63, 3.8) is 0 Å². The molecule has 1 heterocycles. The molecule has 16 heavy (non-hydrogen) atoms. The SMILES string of the molecule is Cc1cc(F)cc2cc(C(N)C(C)C)oc12. The molecule has 0 saturated carbocycles. The average Bonchev–Trinajstić information content (AvgIpc) is 2.60. The van der Waals surface area contributed by atoms with Gasteiger partial charge >= 0.3 is 0 Å². The van der Waals surface area contributed by atoms with Gasteiger partial charge in [0.2, 0.25) is 0 Å². The van der Waals surface area contributed by atoms with Crippen LogP contribution < -0.4 is 5.73 Å². The van der Waals surface area contributed by atoms with E-state index in [1.807, 2.05) is 26.8 Å². The van der Waals surface area contributed by atoms with Gasteiger partial charge in [0.1, 0.15) is 17.2 Å². The highest BCUT2D eigenvalue weighted by Gasteiger charge is 2.16. The van der Waals surface area contributed by atoms with E-state index in [0.717, 1.165) is 22.3 Å². The molecule has 2 N–H and O–H groups in total. The summed E-state index contributed by atoms with van der Waals surface area (Å²) in [4.78, 5) is 0. The monoisotopic (exact) mass is 221 g/mol. The molecule has 0 fully saturated rings. The third kappa shape index (κ3) is 1.83. The van der Waals surface area contributed by atoms with E-state index in [2.05, 4.69) is 0 Å². The fourth-order valence-corrected chi connectivity index (χ4v) is 1.80. The highest BCUT2D eigenvalue weighted by Crippen LogP contribution is 2.29. The van der Waals surface area contributed by atoms with Gasteiger partial charge in [-0.1, -0.05) is 13.8 Å². The lowest BCUT2D eigenvalue weighted by molar-refractivity contribution is 0.418. The zero-order chi connectivity index (χ0) is 11.9. The minimum atomic E-state index is -0.240. The maximum absolute atomic E-state index is 13.2. The molecule has 0 amide bonds. The molecular weight excluding hydrogens is 205 g/mol. The van der Waals surface area contributed by atoms with Crippen LogP contribution in [0.5, 0.6) is 0 Å². The molecule has 3 heteroatoms. The first-order chi connectivity index (χ1) is 7.49. The molecule has 2 aromatic rings. The molecule has 1 unspecified atom stereocenters. The highest BCUT2D eigenvalue weighted by atomic mass is 19.1. The van der Waals surface area contributed by atoms with Crippen LogP contribution in [0.15, 0.2) is 22.6 Å². The van der Waals surface area contributed by atoms with E-state index in [9.17, 15) is 4.39 Å². The Morgan fingerprint density at radius 1 is 1.25 bits per heavy atom. The lowest BCUT2D eigenvalue weighted by Crippen LogP contribution is -2.15. The fourth-order valence-electron chi connectivity index (χ4n) is 1.80. The molecule has 0 aliphatic heterocycles. The molecule has 1 aromatic heterocycles. The number of furan rings is 1. The van der Waals surface area contributed by atoms with Crippen molar-refractivity contribution in [2.24, 2.45) is 11.7 Å². The lowest BCUT2D eigenvalue weighted by Gasteiger charge is -2.11. The minimum absolute atomic E-state index is 0.144. The molecule has 0 aliphatic rings. The van der Waals surface area contributed by atoms with Crippen LogP contribution in [0.1, 0.15) is 31.2 Å². The molecule has 0 spiro atoms. The third-order valence-electron chi connectivity index (χ3n) is 2.83. The lowest BCUT2D eigenvalue weighted by atomic mass is 10.0.